The van der Waals surface area contributed by atoms with E-state index in [9.17, 15) is 13.6 Å². The average molecular weight is 412 g/mol. The summed E-state index contributed by atoms with van der Waals surface area (Å²) in [5, 5.41) is 8.33. The summed E-state index contributed by atoms with van der Waals surface area (Å²) in [6, 6.07) is 5.26. The topological polar surface area (TPSA) is 97.0 Å². The number of hydrogen-bond acceptors (Lipinski definition) is 5. The summed E-state index contributed by atoms with van der Waals surface area (Å²) in [5.74, 6) is -1.31. The van der Waals surface area contributed by atoms with Crippen LogP contribution in [0, 0.1) is 6.92 Å². The van der Waals surface area contributed by atoms with Crippen LogP contribution in [-0.4, -0.2) is 51.7 Å². The highest BCUT2D eigenvalue weighted by Crippen LogP contribution is 2.34. The van der Waals surface area contributed by atoms with Crippen LogP contribution in [0.25, 0.3) is 5.52 Å². The maximum absolute atomic E-state index is 13.3. The van der Waals surface area contributed by atoms with E-state index in [4.69, 9.17) is 0 Å². The summed E-state index contributed by atoms with van der Waals surface area (Å²) in [7, 11) is 1.43. The molecule has 11 heteroatoms. The number of nitrogens with zero attached hydrogens (tertiary/aromatic N) is 7. The lowest BCUT2D eigenvalue weighted by atomic mass is 9.99. The monoisotopic (exact) mass is 412 g/mol. The molecule has 5 heterocycles. The molecule has 0 aromatic carbocycles. The largest absolute Gasteiger partial charge is 0.348 e. The Labute approximate surface area is 169 Å². The number of aryl methyl sites for hydroxylation is 2. The van der Waals surface area contributed by atoms with Crippen LogP contribution < -0.4 is 0 Å². The van der Waals surface area contributed by atoms with Gasteiger partial charge in [-0.1, -0.05) is 6.07 Å². The Morgan fingerprint density at radius 2 is 2.13 bits per heavy atom. The van der Waals surface area contributed by atoms with Gasteiger partial charge in [0.1, 0.15) is 6.04 Å². The van der Waals surface area contributed by atoms with E-state index in [1.807, 2.05) is 31.3 Å². The van der Waals surface area contributed by atoms with Crippen LogP contribution in [0.2, 0.25) is 0 Å². The number of amides is 1. The minimum absolute atomic E-state index is 0.145. The third-order valence-electron chi connectivity index (χ3n) is 5.26. The molecule has 1 amide bonds. The molecule has 1 aliphatic rings. The quantitative estimate of drug-likeness (QED) is 0.557. The number of fused-ring (bicyclic) bond motifs is 2. The SMILES string of the molecule is Cc1ccc2cc(C3c4nc[nH]c4CCN3C(=O)c3nc(C(F)F)nn3C)nn2c1. The van der Waals surface area contributed by atoms with Crippen molar-refractivity contribution >= 4 is 11.4 Å². The lowest BCUT2D eigenvalue weighted by Gasteiger charge is -2.33. The number of aromatic amines is 1. The van der Waals surface area contributed by atoms with Crippen molar-refractivity contribution in [2.24, 2.45) is 7.05 Å². The molecule has 0 aliphatic carbocycles. The van der Waals surface area contributed by atoms with Gasteiger partial charge < -0.3 is 9.88 Å². The minimum atomic E-state index is -2.85. The molecular weight excluding hydrogens is 394 g/mol. The highest BCUT2D eigenvalue weighted by molar-refractivity contribution is 5.91. The summed E-state index contributed by atoms with van der Waals surface area (Å²) >= 11 is 0. The van der Waals surface area contributed by atoms with Crippen molar-refractivity contribution in [3.05, 3.63) is 65.0 Å². The van der Waals surface area contributed by atoms with Gasteiger partial charge in [-0.2, -0.15) is 5.10 Å². The van der Waals surface area contributed by atoms with Crippen LogP contribution in [0.1, 0.15) is 51.6 Å². The zero-order chi connectivity index (χ0) is 21.0. The lowest BCUT2D eigenvalue weighted by Crippen LogP contribution is -2.42. The number of carbonyl (C=O) groups excluding carboxylic acids is 1. The van der Waals surface area contributed by atoms with Crippen molar-refractivity contribution in [3.8, 4) is 0 Å². The Kier molecular flexibility index (Phi) is 4.12. The van der Waals surface area contributed by atoms with Crippen LogP contribution in [0.5, 0.6) is 0 Å². The molecule has 0 spiro atoms. The second kappa shape index (κ2) is 6.71. The highest BCUT2D eigenvalue weighted by Gasteiger charge is 2.38. The number of rotatable bonds is 3. The van der Waals surface area contributed by atoms with Crippen molar-refractivity contribution in [2.45, 2.75) is 25.8 Å². The Hall–Kier alpha value is -3.63. The normalized spacial score (nSPS) is 16.4. The second-order valence-corrected chi connectivity index (χ2v) is 7.28. The molecule has 5 rings (SSSR count). The van der Waals surface area contributed by atoms with Gasteiger partial charge in [-0.05, 0) is 24.6 Å². The maximum atomic E-state index is 13.3. The smallest absolute Gasteiger partial charge is 0.299 e. The number of alkyl halides is 2. The third kappa shape index (κ3) is 2.85. The standard InChI is InChI=1S/C19H18F2N8O/c1-10-3-4-11-7-13(25-29(11)8-10)15-14-12(22-9-23-14)5-6-28(15)19(30)18-24-17(16(20)21)26-27(18)2/h3-4,7-9,15-16H,5-6H2,1-2H3,(H,22,23). The molecule has 4 aromatic rings. The van der Waals surface area contributed by atoms with Gasteiger partial charge in [0.2, 0.25) is 11.6 Å². The Morgan fingerprint density at radius 3 is 2.90 bits per heavy atom. The van der Waals surface area contributed by atoms with Gasteiger partial charge in [0, 0.05) is 31.9 Å². The minimum Gasteiger partial charge on any atom is -0.348 e. The van der Waals surface area contributed by atoms with Gasteiger partial charge in [-0.25, -0.2) is 27.9 Å². The van der Waals surface area contributed by atoms with E-state index in [-0.39, 0.29) is 5.82 Å². The number of aromatic nitrogens is 7. The van der Waals surface area contributed by atoms with Crippen LogP contribution in [0.15, 0.2) is 30.7 Å². The zero-order valence-electron chi connectivity index (χ0n) is 16.3. The van der Waals surface area contributed by atoms with Gasteiger partial charge in [-0.3, -0.25) is 4.79 Å². The molecule has 0 bridgehead atoms. The molecule has 0 fully saturated rings. The van der Waals surface area contributed by atoms with E-state index in [2.05, 4.69) is 25.1 Å². The summed E-state index contributed by atoms with van der Waals surface area (Å²) in [6.07, 6.45) is 1.19. The second-order valence-electron chi connectivity index (χ2n) is 7.28. The van der Waals surface area contributed by atoms with E-state index in [1.165, 1.54) is 7.05 Å². The Bertz CT molecular complexity index is 1260. The van der Waals surface area contributed by atoms with Crippen molar-refractivity contribution in [3.63, 3.8) is 0 Å². The van der Waals surface area contributed by atoms with Crippen LogP contribution >= 0.6 is 0 Å². The molecule has 0 radical (unpaired) electrons. The number of hydrogen-bond donors (Lipinski definition) is 1. The number of nitrogens with one attached hydrogen (secondary N) is 1. The number of halogens is 2. The Morgan fingerprint density at radius 1 is 1.30 bits per heavy atom. The van der Waals surface area contributed by atoms with Crippen molar-refractivity contribution in [1.29, 1.82) is 0 Å². The predicted octanol–water partition coefficient (Wildman–Crippen LogP) is 2.22. The zero-order valence-corrected chi connectivity index (χ0v) is 16.3. The van der Waals surface area contributed by atoms with Crippen molar-refractivity contribution in [1.82, 2.24) is 39.2 Å². The van der Waals surface area contributed by atoms with E-state index in [0.717, 1.165) is 21.5 Å². The molecule has 1 unspecified atom stereocenters. The first-order valence-corrected chi connectivity index (χ1v) is 9.40. The molecular formula is C19H18F2N8O. The molecule has 154 valence electrons. The first kappa shape index (κ1) is 18.4. The van der Waals surface area contributed by atoms with Crippen LogP contribution in [0.4, 0.5) is 8.78 Å². The first-order chi connectivity index (χ1) is 14.4. The summed E-state index contributed by atoms with van der Waals surface area (Å²) in [5.41, 5.74) is 4.17. The molecule has 0 saturated carbocycles. The van der Waals surface area contributed by atoms with Gasteiger partial charge >= 0.3 is 0 Å². The van der Waals surface area contributed by atoms with E-state index in [0.29, 0.717) is 24.4 Å². The average Bonchev–Trinajstić information content (AvgIpc) is 3.43. The van der Waals surface area contributed by atoms with Gasteiger partial charge in [-0.15, -0.1) is 5.10 Å². The Balaban J connectivity index is 1.60. The summed E-state index contributed by atoms with van der Waals surface area (Å²) in [4.78, 5) is 26.2. The highest BCUT2D eigenvalue weighted by atomic mass is 19.3. The molecule has 1 aliphatic heterocycles. The van der Waals surface area contributed by atoms with Crippen molar-refractivity contribution in [2.75, 3.05) is 6.54 Å². The fourth-order valence-corrected chi connectivity index (χ4v) is 3.85. The van der Waals surface area contributed by atoms with Crippen LogP contribution in [0.3, 0.4) is 0 Å². The van der Waals surface area contributed by atoms with E-state index >= 15 is 0 Å². The fraction of sp³-hybridized carbons (Fsp3) is 0.316. The molecule has 1 N–H and O–H groups in total. The van der Waals surface area contributed by atoms with E-state index < -0.39 is 24.2 Å². The van der Waals surface area contributed by atoms with Gasteiger partial charge in [0.15, 0.2) is 0 Å². The summed E-state index contributed by atoms with van der Waals surface area (Å²) in [6.45, 7) is 2.33. The maximum Gasteiger partial charge on any atom is 0.299 e. The number of pyridine rings is 1. The third-order valence-corrected chi connectivity index (χ3v) is 5.26. The van der Waals surface area contributed by atoms with Gasteiger partial charge in [0.25, 0.3) is 12.3 Å². The molecule has 9 nitrogen and oxygen atoms in total. The first-order valence-electron chi connectivity index (χ1n) is 9.40. The lowest BCUT2D eigenvalue weighted by molar-refractivity contribution is 0.0669. The molecule has 0 saturated heterocycles. The van der Waals surface area contributed by atoms with E-state index in [1.54, 1.807) is 15.7 Å². The number of imidazole rings is 1. The summed E-state index contributed by atoms with van der Waals surface area (Å²) < 4.78 is 28.9. The molecule has 1 atom stereocenters. The fourth-order valence-electron chi connectivity index (χ4n) is 3.85. The molecule has 4 aromatic heterocycles. The molecule has 30 heavy (non-hydrogen) atoms. The van der Waals surface area contributed by atoms with Crippen molar-refractivity contribution < 1.29 is 13.6 Å². The van der Waals surface area contributed by atoms with Crippen LogP contribution in [-0.2, 0) is 13.5 Å². The predicted molar refractivity (Wildman–Crippen MR) is 101 cm³/mol. The number of carbonyl (C=O) groups is 1. The van der Waals surface area contributed by atoms with Gasteiger partial charge in [0.05, 0.1) is 23.2 Å². The number of H-pyrrole nitrogens is 1.